The molecule has 0 aliphatic heterocycles. The van der Waals surface area contributed by atoms with Crippen molar-refractivity contribution in [3.63, 3.8) is 0 Å². The first kappa shape index (κ1) is 16.5. The zero-order valence-electron chi connectivity index (χ0n) is 13.7. The van der Waals surface area contributed by atoms with E-state index in [2.05, 4.69) is 37.1 Å². The lowest BCUT2D eigenvalue weighted by atomic mass is 10.1. The van der Waals surface area contributed by atoms with Gasteiger partial charge < -0.3 is 9.84 Å². The van der Waals surface area contributed by atoms with Crippen LogP contribution in [0.15, 0.2) is 18.2 Å². The van der Waals surface area contributed by atoms with Gasteiger partial charge >= 0.3 is 0 Å². The summed E-state index contributed by atoms with van der Waals surface area (Å²) in [5.74, 6) is 0.866. The molecule has 0 spiro atoms. The van der Waals surface area contributed by atoms with Gasteiger partial charge in [-0.15, -0.1) is 5.10 Å². The predicted octanol–water partition coefficient (Wildman–Crippen LogP) is 3.16. The maximum atomic E-state index is 9.43. The van der Waals surface area contributed by atoms with Crippen LogP contribution in [0.4, 0.5) is 0 Å². The second-order valence-corrected chi connectivity index (χ2v) is 5.56. The van der Waals surface area contributed by atoms with Crippen LogP contribution >= 0.6 is 0 Å². The molecule has 0 unspecified atom stereocenters. The summed E-state index contributed by atoms with van der Waals surface area (Å²) >= 11 is 0. The maximum absolute atomic E-state index is 9.43. The number of hydrogen-bond acceptors (Lipinski definition) is 4. The number of benzene rings is 1. The molecule has 0 saturated heterocycles. The highest BCUT2D eigenvalue weighted by Crippen LogP contribution is 2.22. The van der Waals surface area contributed by atoms with Crippen molar-refractivity contribution in [2.24, 2.45) is 0 Å². The summed E-state index contributed by atoms with van der Waals surface area (Å²) in [5, 5.41) is 17.6. The van der Waals surface area contributed by atoms with Crippen molar-refractivity contribution in [1.82, 2.24) is 15.0 Å². The molecule has 0 fully saturated rings. The molecule has 1 aromatic heterocycles. The molecule has 0 saturated carbocycles. The van der Waals surface area contributed by atoms with Gasteiger partial charge in [-0.1, -0.05) is 37.1 Å². The average molecular weight is 303 g/mol. The van der Waals surface area contributed by atoms with Crippen molar-refractivity contribution >= 4 is 0 Å². The van der Waals surface area contributed by atoms with E-state index >= 15 is 0 Å². The van der Waals surface area contributed by atoms with Gasteiger partial charge in [0.15, 0.2) is 0 Å². The minimum atomic E-state index is -0.112. The molecule has 22 heavy (non-hydrogen) atoms. The van der Waals surface area contributed by atoms with Gasteiger partial charge in [-0.3, -0.25) is 0 Å². The molecule has 0 atom stereocenters. The highest BCUT2D eigenvalue weighted by molar-refractivity contribution is 5.38. The van der Waals surface area contributed by atoms with Crippen LogP contribution in [0.1, 0.15) is 48.7 Å². The second-order valence-electron chi connectivity index (χ2n) is 5.56. The molecular formula is C17H25N3O2. The number of aryl methyl sites for hydroxylation is 2. The van der Waals surface area contributed by atoms with E-state index in [0.29, 0.717) is 12.3 Å². The van der Waals surface area contributed by atoms with Crippen molar-refractivity contribution in [2.75, 3.05) is 0 Å². The number of ether oxygens (including phenoxy) is 1. The Bertz CT molecular complexity index is 608. The van der Waals surface area contributed by atoms with Crippen molar-refractivity contribution in [2.45, 2.75) is 59.8 Å². The van der Waals surface area contributed by atoms with Gasteiger partial charge in [-0.2, -0.15) is 0 Å². The monoisotopic (exact) mass is 303 g/mol. The summed E-state index contributed by atoms with van der Waals surface area (Å²) in [6.07, 6.45) is 3.38. The van der Waals surface area contributed by atoms with Crippen molar-refractivity contribution in [3.05, 3.63) is 40.7 Å². The zero-order chi connectivity index (χ0) is 15.9. The molecule has 0 amide bonds. The number of rotatable bonds is 8. The second kappa shape index (κ2) is 7.94. The predicted molar refractivity (Wildman–Crippen MR) is 85.7 cm³/mol. The number of nitrogens with zero attached hydrogens (tertiary/aromatic N) is 3. The fraction of sp³-hybridized carbons (Fsp3) is 0.529. The Kier molecular flexibility index (Phi) is 5.95. The van der Waals surface area contributed by atoms with Crippen LogP contribution in [0.25, 0.3) is 0 Å². The van der Waals surface area contributed by atoms with E-state index in [-0.39, 0.29) is 6.61 Å². The fourth-order valence-electron chi connectivity index (χ4n) is 2.37. The lowest BCUT2D eigenvalue weighted by Gasteiger charge is -2.12. The molecule has 2 aromatic rings. The molecule has 1 heterocycles. The molecule has 120 valence electrons. The van der Waals surface area contributed by atoms with Gasteiger partial charge in [0.2, 0.25) is 0 Å². The Morgan fingerprint density at radius 2 is 2.05 bits per heavy atom. The summed E-state index contributed by atoms with van der Waals surface area (Å²) in [6, 6.07) is 6.02. The average Bonchev–Trinajstić information content (AvgIpc) is 2.91. The van der Waals surface area contributed by atoms with Crippen molar-refractivity contribution in [3.8, 4) is 5.75 Å². The first-order chi connectivity index (χ1) is 10.7. The van der Waals surface area contributed by atoms with Crippen LogP contribution in [0.5, 0.6) is 5.75 Å². The van der Waals surface area contributed by atoms with Crippen molar-refractivity contribution in [1.29, 1.82) is 0 Å². The third kappa shape index (κ3) is 3.85. The van der Waals surface area contributed by atoms with E-state index in [1.165, 1.54) is 5.56 Å². The van der Waals surface area contributed by atoms with Gasteiger partial charge in [-0.25, -0.2) is 4.68 Å². The number of unbranched alkanes of at least 4 members (excludes halogenated alkanes) is 2. The molecule has 5 nitrogen and oxygen atoms in total. The minimum absolute atomic E-state index is 0.112. The summed E-state index contributed by atoms with van der Waals surface area (Å²) in [4.78, 5) is 0. The third-order valence-corrected chi connectivity index (χ3v) is 3.96. The normalized spacial score (nSPS) is 10.9. The summed E-state index contributed by atoms with van der Waals surface area (Å²) in [5.41, 5.74) is 3.80. The SMILES string of the molecule is CCCCCn1nnc(CO)c1COc1cccc(C)c1C. The lowest BCUT2D eigenvalue weighted by Crippen LogP contribution is -2.10. The minimum Gasteiger partial charge on any atom is -0.487 e. The first-order valence-corrected chi connectivity index (χ1v) is 7.88. The Morgan fingerprint density at radius 3 is 2.77 bits per heavy atom. The molecule has 0 radical (unpaired) electrons. The van der Waals surface area contributed by atoms with Gasteiger partial charge in [0.05, 0.1) is 6.61 Å². The van der Waals surface area contributed by atoms with Crippen LogP contribution in [0.2, 0.25) is 0 Å². The van der Waals surface area contributed by atoms with Gasteiger partial charge in [0.1, 0.15) is 23.7 Å². The van der Waals surface area contributed by atoms with E-state index in [1.807, 2.05) is 16.8 Å². The van der Waals surface area contributed by atoms with E-state index in [4.69, 9.17) is 4.74 Å². The Balaban J connectivity index is 2.10. The molecule has 0 aliphatic carbocycles. The fourth-order valence-corrected chi connectivity index (χ4v) is 2.37. The highest BCUT2D eigenvalue weighted by atomic mass is 16.5. The molecule has 5 heteroatoms. The van der Waals surface area contributed by atoms with Gasteiger partial charge in [-0.05, 0) is 37.5 Å². The Morgan fingerprint density at radius 1 is 1.23 bits per heavy atom. The van der Waals surface area contributed by atoms with Crippen LogP contribution in [-0.2, 0) is 19.8 Å². The van der Waals surface area contributed by atoms with E-state index in [0.717, 1.165) is 42.8 Å². The molecule has 1 aromatic carbocycles. The lowest BCUT2D eigenvalue weighted by molar-refractivity contribution is 0.260. The Hall–Kier alpha value is -1.88. The standard InChI is InChI=1S/C17H25N3O2/c1-4-5-6-10-20-16(15(11-21)18-19-20)12-22-17-9-7-8-13(2)14(17)3/h7-9,21H,4-6,10-12H2,1-3H3. The highest BCUT2D eigenvalue weighted by Gasteiger charge is 2.13. The van der Waals surface area contributed by atoms with E-state index in [9.17, 15) is 5.11 Å². The largest absolute Gasteiger partial charge is 0.487 e. The molecule has 1 N–H and O–H groups in total. The van der Waals surface area contributed by atoms with Crippen molar-refractivity contribution < 1.29 is 9.84 Å². The maximum Gasteiger partial charge on any atom is 0.132 e. The van der Waals surface area contributed by atoms with Crippen LogP contribution in [0.3, 0.4) is 0 Å². The summed E-state index contributed by atoms with van der Waals surface area (Å²) in [7, 11) is 0. The van der Waals surface area contributed by atoms with Crippen LogP contribution < -0.4 is 4.74 Å². The first-order valence-electron chi connectivity index (χ1n) is 7.88. The number of aliphatic hydroxyl groups excluding tert-OH is 1. The zero-order valence-corrected chi connectivity index (χ0v) is 13.7. The summed E-state index contributed by atoms with van der Waals surface area (Å²) in [6.45, 7) is 7.36. The molecular weight excluding hydrogens is 278 g/mol. The van der Waals surface area contributed by atoms with Gasteiger partial charge in [0.25, 0.3) is 0 Å². The quantitative estimate of drug-likeness (QED) is 0.761. The molecule has 2 rings (SSSR count). The number of aromatic nitrogens is 3. The smallest absolute Gasteiger partial charge is 0.132 e. The number of aliphatic hydroxyl groups is 1. The van der Waals surface area contributed by atoms with Crippen LogP contribution in [-0.4, -0.2) is 20.1 Å². The van der Waals surface area contributed by atoms with Crippen LogP contribution in [0, 0.1) is 13.8 Å². The van der Waals surface area contributed by atoms with Gasteiger partial charge in [0, 0.05) is 6.54 Å². The van der Waals surface area contributed by atoms with E-state index < -0.39 is 0 Å². The molecule has 0 aliphatic rings. The topological polar surface area (TPSA) is 60.2 Å². The Labute approximate surface area is 131 Å². The third-order valence-electron chi connectivity index (χ3n) is 3.96. The van der Waals surface area contributed by atoms with E-state index in [1.54, 1.807) is 0 Å². The summed E-state index contributed by atoms with van der Waals surface area (Å²) < 4.78 is 7.79. The molecule has 0 bridgehead atoms. The number of hydrogen-bond donors (Lipinski definition) is 1.